The molecule has 0 atom stereocenters. The molecule has 86 valence electrons. The number of amides is 1. The van der Waals surface area contributed by atoms with Crippen molar-refractivity contribution in [2.75, 3.05) is 11.9 Å². The molecule has 0 aliphatic carbocycles. The summed E-state index contributed by atoms with van der Waals surface area (Å²) in [7, 11) is 0. The first-order valence-electron chi connectivity index (χ1n) is 4.88. The molecule has 1 rings (SSSR count). The molecule has 0 aliphatic heterocycles. The number of nitro benzene ring substituents is 1. The number of benzene rings is 1. The fraction of sp³-hybridized carbons (Fsp3) is 0.300. The van der Waals surface area contributed by atoms with Crippen molar-refractivity contribution in [3.05, 3.63) is 33.9 Å². The van der Waals surface area contributed by atoms with Crippen LogP contribution in [0.25, 0.3) is 0 Å². The summed E-state index contributed by atoms with van der Waals surface area (Å²) in [6.45, 7) is 2.54. The van der Waals surface area contributed by atoms with E-state index in [9.17, 15) is 14.9 Å². The van der Waals surface area contributed by atoms with Crippen LogP contribution in [0.2, 0.25) is 0 Å². The number of nitro groups is 1. The molecule has 1 aromatic rings. The van der Waals surface area contributed by atoms with Crippen molar-refractivity contribution in [2.24, 2.45) is 5.73 Å². The summed E-state index contributed by atoms with van der Waals surface area (Å²) >= 11 is 0. The van der Waals surface area contributed by atoms with Crippen molar-refractivity contribution in [3.63, 3.8) is 0 Å². The Morgan fingerprint density at radius 3 is 2.75 bits per heavy atom. The summed E-state index contributed by atoms with van der Waals surface area (Å²) in [6, 6.07) is 4.02. The Labute approximate surface area is 92.6 Å². The Morgan fingerprint density at radius 2 is 2.25 bits per heavy atom. The minimum Gasteiger partial charge on any atom is -0.379 e. The van der Waals surface area contributed by atoms with Gasteiger partial charge in [0.15, 0.2) is 0 Å². The molecule has 0 saturated carbocycles. The van der Waals surface area contributed by atoms with Crippen LogP contribution in [0.15, 0.2) is 18.2 Å². The number of primary amides is 1. The van der Waals surface area contributed by atoms with Crippen LogP contribution in [-0.2, 0) is 0 Å². The summed E-state index contributed by atoms with van der Waals surface area (Å²) in [5.74, 6) is -0.602. The van der Waals surface area contributed by atoms with Crippen LogP contribution >= 0.6 is 0 Å². The Hall–Kier alpha value is -2.11. The predicted molar refractivity (Wildman–Crippen MR) is 60.4 cm³/mol. The molecule has 6 heteroatoms. The molecule has 0 spiro atoms. The number of nitrogens with zero attached hydrogens (tertiary/aromatic N) is 1. The Morgan fingerprint density at radius 1 is 1.56 bits per heavy atom. The minimum atomic E-state index is -0.602. The Kier molecular flexibility index (Phi) is 3.82. The lowest BCUT2D eigenvalue weighted by Gasteiger charge is -2.06. The quantitative estimate of drug-likeness (QED) is 0.584. The lowest BCUT2D eigenvalue weighted by Crippen LogP contribution is -2.12. The highest BCUT2D eigenvalue weighted by atomic mass is 16.6. The zero-order valence-corrected chi connectivity index (χ0v) is 8.90. The molecule has 0 heterocycles. The molecule has 0 unspecified atom stereocenters. The second-order valence-electron chi connectivity index (χ2n) is 3.28. The van der Waals surface area contributed by atoms with Gasteiger partial charge in [0.05, 0.1) is 4.92 Å². The zero-order chi connectivity index (χ0) is 12.1. The van der Waals surface area contributed by atoms with Crippen LogP contribution in [0, 0.1) is 10.1 Å². The van der Waals surface area contributed by atoms with E-state index in [-0.39, 0.29) is 11.3 Å². The topological polar surface area (TPSA) is 98.3 Å². The summed E-state index contributed by atoms with van der Waals surface area (Å²) in [4.78, 5) is 21.2. The van der Waals surface area contributed by atoms with Gasteiger partial charge in [-0.3, -0.25) is 14.9 Å². The number of hydrogen-bond donors (Lipinski definition) is 2. The first-order valence-corrected chi connectivity index (χ1v) is 4.88. The first-order chi connectivity index (χ1) is 7.56. The van der Waals surface area contributed by atoms with Crippen molar-refractivity contribution < 1.29 is 9.72 Å². The van der Waals surface area contributed by atoms with Crippen LogP contribution in [0.3, 0.4) is 0 Å². The fourth-order valence-electron chi connectivity index (χ4n) is 1.25. The van der Waals surface area contributed by atoms with Crippen LogP contribution in [0.1, 0.15) is 23.7 Å². The molecule has 0 aliphatic rings. The number of anilines is 1. The average molecular weight is 223 g/mol. The predicted octanol–water partition coefficient (Wildman–Crippen LogP) is 1.52. The molecule has 0 fully saturated rings. The van der Waals surface area contributed by atoms with E-state index in [4.69, 9.17) is 5.73 Å². The highest BCUT2D eigenvalue weighted by molar-refractivity contribution is 5.94. The molecular weight excluding hydrogens is 210 g/mol. The van der Waals surface area contributed by atoms with Gasteiger partial charge >= 0.3 is 0 Å². The highest BCUT2D eigenvalue weighted by Crippen LogP contribution is 2.25. The van der Waals surface area contributed by atoms with Crippen molar-refractivity contribution in [2.45, 2.75) is 13.3 Å². The number of carbonyl (C=O) groups is 1. The van der Waals surface area contributed by atoms with Gasteiger partial charge in [0, 0.05) is 18.2 Å². The third-order valence-corrected chi connectivity index (χ3v) is 2.04. The van der Waals surface area contributed by atoms with E-state index in [1.165, 1.54) is 18.2 Å². The molecule has 1 amide bonds. The van der Waals surface area contributed by atoms with Gasteiger partial charge in [0.1, 0.15) is 5.69 Å². The molecule has 0 saturated heterocycles. The van der Waals surface area contributed by atoms with Crippen LogP contribution in [-0.4, -0.2) is 17.4 Å². The first kappa shape index (κ1) is 12.0. The van der Waals surface area contributed by atoms with Crippen LogP contribution in [0.4, 0.5) is 11.4 Å². The second kappa shape index (κ2) is 5.11. The summed E-state index contributed by atoms with van der Waals surface area (Å²) in [6.07, 6.45) is 0.831. The summed E-state index contributed by atoms with van der Waals surface area (Å²) in [5, 5.41) is 13.6. The standard InChI is InChI=1S/C10H13N3O3/c1-2-5-12-8-6-7(10(11)14)3-4-9(8)13(15)16/h3-4,6,12H,2,5H2,1H3,(H2,11,14). The second-order valence-corrected chi connectivity index (χ2v) is 3.28. The normalized spacial score (nSPS) is 9.81. The van der Waals surface area contributed by atoms with E-state index in [1.54, 1.807) is 0 Å². The number of nitrogens with one attached hydrogen (secondary N) is 1. The molecule has 16 heavy (non-hydrogen) atoms. The van der Waals surface area contributed by atoms with Gasteiger partial charge < -0.3 is 11.1 Å². The SMILES string of the molecule is CCCNc1cc(C(N)=O)ccc1[N+](=O)[O-]. The highest BCUT2D eigenvalue weighted by Gasteiger charge is 2.15. The summed E-state index contributed by atoms with van der Waals surface area (Å²) in [5.41, 5.74) is 5.62. The number of hydrogen-bond acceptors (Lipinski definition) is 4. The molecule has 6 nitrogen and oxygen atoms in total. The number of nitrogens with two attached hydrogens (primary N) is 1. The van der Waals surface area contributed by atoms with Crippen molar-refractivity contribution >= 4 is 17.3 Å². The third kappa shape index (κ3) is 2.69. The Bertz CT molecular complexity index is 418. The maximum atomic E-state index is 10.9. The molecule has 1 aromatic carbocycles. The van der Waals surface area contributed by atoms with E-state index >= 15 is 0 Å². The monoisotopic (exact) mass is 223 g/mol. The van der Waals surface area contributed by atoms with Gasteiger partial charge in [-0.25, -0.2) is 0 Å². The van der Waals surface area contributed by atoms with Gasteiger partial charge in [-0.1, -0.05) is 6.92 Å². The number of carbonyl (C=O) groups excluding carboxylic acids is 1. The molecule has 0 bridgehead atoms. The summed E-state index contributed by atoms with van der Waals surface area (Å²) < 4.78 is 0. The third-order valence-electron chi connectivity index (χ3n) is 2.04. The van der Waals surface area contributed by atoms with Crippen molar-refractivity contribution in [3.8, 4) is 0 Å². The smallest absolute Gasteiger partial charge is 0.292 e. The maximum absolute atomic E-state index is 10.9. The average Bonchev–Trinajstić information content (AvgIpc) is 2.25. The van der Waals surface area contributed by atoms with Crippen molar-refractivity contribution in [1.82, 2.24) is 0 Å². The van der Waals surface area contributed by atoms with Gasteiger partial charge in [0.25, 0.3) is 5.69 Å². The fourth-order valence-corrected chi connectivity index (χ4v) is 1.25. The van der Waals surface area contributed by atoms with E-state index in [2.05, 4.69) is 5.32 Å². The molecule has 0 aromatic heterocycles. The zero-order valence-electron chi connectivity index (χ0n) is 8.90. The van der Waals surface area contributed by atoms with E-state index in [0.717, 1.165) is 6.42 Å². The lowest BCUT2D eigenvalue weighted by atomic mass is 10.1. The lowest BCUT2D eigenvalue weighted by molar-refractivity contribution is -0.384. The van der Waals surface area contributed by atoms with E-state index < -0.39 is 10.8 Å². The van der Waals surface area contributed by atoms with Crippen molar-refractivity contribution in [1.29, 1.82) is 0 Å². The molecular formula is C10H13N3O3. The maximum Gasteiger partial charge on any atom is 0.292 e. The van der Waals surface area contributed by atoms with Crippen LogP contribution in [0.5, 0.6) is 0 Å². The van der Waals surface area contributed by atoms with Gasteiger partial charge in [-0.05, 0) is 18.6 Å². The molecule has 0 radical (unpaired) electrons. The minimum absolute atomic E-state index is 0.0570. The van der Waals surface area contributed by atoms with Gasteiger partial charge in [-0.2, -0.15) is 0 Å². The molecule has 3 N–H and O–H groups in total. The van der Waals surface area contributed by atoms with E-state index in [1.807, 2.05) is 6.92 Å². The van der Waals surface area contributed by atoms with E-state index in [0.29, 0.717) is 12.2 Å². The van der Waals surface area contributed by atoms with Gasteiger partial charge in [-0.15, -0.1) is 0 Å². The Balaban J connectivity index is 3.10. The van der Waals surface area contributed by atoms with Crippen LogP contribution < -0.4 is 11.1 Å². The largest absolute Gasteiger partial charge is 0.379 e. The number of rotatable bonds is 5. The van der Waals surface area contributed by atoms with Gasteiger partial charge in [0.2, 0.25) is 5.91 Å².